The predicted octanol–water partition coefficient (Wildman–Crippen LogP) is 5.05. The van der Waals surface area contributed by atoms with Crippen LogP contribution >= 0.6 is 0 Å². The van der Waals surface area contributed by atoms with Gasteiger partial charge in [-0.3, -0.25) is 4.79 Å². The first-order valence-electron chi connectivity index (χ1n) is 13.3. The van der Waals surface area contributed by atoms with E-state index in [4.69, 9.17) is 15.2 Å². The van der Waals surface area contributed by atoms with Gasteiger partial charge in [-0.05, 0) is 54.4 Å². The summed E-state index contributed by atoms with van der Waals surface area (Å²) < 4.78 is 42.2. The molecule has 9 nitrogen and oxygen atoms in total. The Hall–Kier alpha value is -5.16. The van der Waals surface area contributed by atoms with E-state index in [9.17, 15) is 19.1 Å². The summed E-state index contributed by atoms with van der Waals surface area (Å²) in [6.45, 7) is 1.76. The van der Waals surface area contributed by atoms with Gasteiger partial charge < -0.3 is 24.9 Å². The molecule has 0 fully saturated rings. The second-order valence-corrected chi connectivity index (χ2v) is 10.0. The highest BCUT2D eigenvalue weighted by Gasteiger charge is 2.21. The average Bonchev–Trinajstić information content (AvgIpc) is 3.32. The quantitative estimate of drug-likeness (QED) is 0.222. The maximum Gasteiger partial charge on any atom is 0.335 e. The Morgan fingerprint density at radius 3 is 2.44 bits per heavy atom. The fourth-order valence-corrected chi connectivity index (χ4v) is 4.69. The van der Waals surface area contributed by atoms with Gasteiger partial charge in [0.15, 0.2) is 6.10 Å². The van der Waals surface area contributed by atoms with E-state index in [1.165, 1.54) is 31.4 Å². The molecule has 0 saturated heterocycles. The molecule has 5 aromatic rings. The van der Waals surface area contributed by atoms with Crippen molar-refractivity contribution in [1.82, 2.24) is 14.5 Å². The van der Waals surface area contributed by atoms with Gasteiger partial charge in [0, 0.05) is 30.7 Å². The molecule has 0 aliphatic rings. The smallest absolute Gasteiger partial charge is 0.335 e. The van der Waals surface area contributed by atoms with Crippen molar-refractivity contribution in [2.45, 2.75) is 32.6 Å². The lowest BCUT2D eigenvalue weighted by Gasteiger charge is -2.16. The minimum atomic E-state index is -1.12. The third-order valence-electron chi connectivity index (χ3n) is 7.03. The van der Waals surface area contributed by atoms with Gasteiger partial charge in [-0.2, -0.15) is 0 Å². The number of carbonyl (C=O) groups is 2. The molecule has 0 bridgehead atoms. The number of ether oxygens (including phenoxy) is 2. The molecular weight excluding hydrogens is 558 g/mol. The number of nitrogens with two attached hydrogens (primary N) is 1. The van der Waals surface area contributed by atoms with Gasteiger partial charge in [-0.15, -0.1) is 0 Å². The highest BCUT2D eigenvalue weighted by molar-refractivity contribution is 5.92. The van der Waals surface area contributed by atoms with Gasteiger partial charge in [-0.1, -0.05) is 30.3 Å². The number of halogens is 2. The molecule has 220 valence electrons. The van der Waals surface area contributed by atoms with Crippen molar-refractivity contribution in [3.63, 3.8) is 0 Å². The van der Waals surface area contributed by atoms with Crippen LogP contribution in [-0.2, 0) is 29.1 Å². The SMILES string of the molecule is CO[C@@H](Cn1c(Cc2ccc(-c3cccc(OCc4ccc(C)cc4F)n3)cc2F)nc2ccc(C(=O)O)cc21)C(N)=O. The average molecular weight is 587 g/mol. The largest absolute Gasteiger partial charge is 0.478 e. The zero-order valence-corrected chi connectivity index (χ0v) is 23.4. The number of benzene rings is 3. The van der Waals surface area contributed by atoms with E-state index in [2.05, 4.69) is 9.97 Å². The molecule has 0 radical (unpaired) electrons. The number of carboxylic acids is 1. The molecular formula is C32H28F2N4O5. The molecule has 5 rings (SSSR count). The third kappa shape index (κ3) is 6.52. The number of aromatic nitrogens is 3. The van der Waals surface area contributed by atoms with Crippen molar-refractivity contribution in [2.75, 3.05) is 7.11 Å². The van der Waals surface area contributed by atoms with E-state index in [0.29, 0.717) is 39.2 Å². The number of aromatic carboxylic acids is 1. The molecule has 2 heterocycles. The molecule has 1 atom stereocenters. The molecule has 3 aromatic carbocycles. The molecule has 0 spiro atoms. The van der Waals surface area contributed by atoms with Crippen molar-refractivity contribution < 1.29 is 33.0 Å². The zero-order valence-electron chi connectivity index (χ0n) is 23.4. The van der Waals surface area contributed by atoms with Crippen LogP contribution in [0.4, 0.5) is 8.78 Å². The summed E-state index contributed by atoms with van der Waals surface area (Å²) in [6.07, 6.45) is -0.975. The fraction of sp³-hybridized carbons (Fsp3) is 0.188. The molecule has 43 heavy (non-hydrogen) atoms. The van der Waals surface area contributed by atoms with Crippen molar-refractivity contribution >= 4 is 22.9 Å². The van der Waals surface area contributed by atoms with Crippen LogP contribution < -0.4 is 10.5 Å². The molecule has 1 amide bonds. The predicted molar refractivity (Wildman–Crippen MR) is 155 cm³/mol. The molecule has 2 aromatic heterocycles. The molecule has 0 aliphatic carbocycles. The van der Waals surface area contributed by atoms with E-state index < -0.39 is 23.8 Å². The minimum Gasteiger partial charge on any atom is -0.478 e. The minimum absolute atomic E-state index is 0.00942. The maximum absolute atomic E-state index is 15.5. The van der Waals surface area contributed by atoms with Crippen LogP contribution in [0.3, 0.4) is 0 Å². The highest BCUT2D eigenvalue weighted by atomic mass is 19.1. The number of rotatable bonds is 11. The van der Waals surface area contributed by atoms with Crippen LogP contribution in [0.5, 0.6) is 5.88 Å². The van der Waals surface area contributed by atoms with Crippen molar-refractivity contribution in [3.05, 3.63) is 113 Å². The fourth-order valence-electron chi connectivity index (χ4n) is 4.69. The first-order valence-corrected chi connectivity index (χ1v) is 13.3. The van der Waals surface area contributed by atoms with E-state index >= 15 is 4.39 Å². The number of hydrogen-bond acceptors (Lipinski definition) is 6. The molecule has 11 heteroatoms. The first-order chi connectivity index (χ1) is 20.6. The Kier molecular flexibility index (Phi) is 8.44. The van der Waals surface area contributed by atoms with Crippen LogP contribution in [0, 0.1) is 18.6 Å². The van der Waals surface area contributed by atoms with Crippen LogP contribution in [0.25, 0.3) is 22.3 Å². The number of methoxy groups -OCH3 is 1. The Bertz CT molecular complexity index is 1840. The first kappa shape index (κ1) is 29.3. The molecule has 0 unspecified atom stereocenters. The summed E-state index contributed by atoms with van der Waals surface area (Å²) in [6, 6.07) is 19.0. The number of carbonyl (C=O) groups excluding carboxylic acids is 1. The topological polar surface area (TPSA) is 130 Å². The van der Waals surface area contributed by atoms with Crippen LogP contribution in [-0.4, -0.2) is 44.7 Å². The Morgan fingerprint density at radius 2 is 1.74 bits per heavy atom. The number of imidazole rings is 1. The summed E-state index contributed by atoms with van der Waals surface area (Å²) in [4.78, 5) is 32.5. The van der Waals surface area contributed by atoms with Crippen molar-refractivity contribution in [3.8, 4) is 17.1 Å². The Labute approximate surface area is 245 Å². The second-order valence-electron chi connectivity index (χ2n) is 10.0. The Morgan fingerprint density at radius 1 is 0.977 bits per heavy atom. The molecule has 0 saturated carbocycles. The summed E-state index contributed by atoms with van der Waals surface area (Å²) in [5.41, 5.74) is 8.91. The van der Waals surface area contributed by atoms with E-state index in [0.717, 1.165) is 5.56 Å². The van der Waals surface area contributed by atoms with Crippen LogP contribution in [0.1, 0.15) is 32.9 Å². The number of hydrogen-bond donors (Lipinski definition) is 2. The van der Waals surface area contributed by atoms with E-state index in [1.807, 2.05) is 0 Å². The number of pyridine rings is 1. The van der Waals surface area contributed by atoms with E-state index in [-0.39, 0.29) is 36.8 Å². The van der Waals surface area contributed by atoms with Gasteiger partial charge in [0.1, 0.15) is 24.1 Å². The Balaban J connectivity index is 1.41. The van der Waals surface area contributed by atoms with E-state index in [1.54, 1.807) is 60.0 Å². The number of nitrogens with zero attached hydrogens (tertiary/aromatic N) is 3. The summed E-state index contributed by atoms with van der Waals surface area (Å²) >= 11 is 0. The van der Waals surface area contributed by atoms with Gasteiger partial charge >= 0.3 is 5.97 Å². The number of amides is 1. The lowest BCUT2D eigenvalue weighted by atomic mass is 10.1. The van der Waals surface area contributed by atoms with Gasteiger partial charge in [0.05, 0.1) is 28.8 Å². The normalized spacial score (nSPS) is 11.9. The standard InChI is InChI=1S/C32H28F2N4O5/c1-18-6-7-22(23(33)12-18)17-43-30-5-3-4-25(37-30)20-9-8-19(24(34)13-20)15-29-36-26-11-10-21(32(40)41)14-27(26)38(29)16-28(42-2)31(35)39/h3-14,28H,15-17H2,1-2H3,(H2,35,39)(H,40,41)/t28-/m0/s1. The lowest BCUT2D eigenvalue weighted by Crippen LogP contribution is -2.34. The highest BCUT2D eigenvalue weighted by Crippen LogP contribution is 2.26. The van der Waals surface area contributed by atoms with Crippen molar-refractivity contribution in [2.24, 2.45) is 5.73 Å². The number of fused-ring (bicyclic) bond motifs is 1. The van der Waals surface area contributed by atoms with Crippen LogP contribution in [0.2, 0.25) is 0 Å². The number of carboxylic acid groups (broad SMARTS) is 1. The zero-order chi connectivity index (χ0) is 30.7. The number of primary amides is 1. The number of aryl methyl sites for hydroxylation is 1. The van der Waals surface area contributed by atoms with Crippen molar-refractivity contribution in [1.29, 1.82) is 0 Å². The molecule has 0 aliphatic heterocycles. The third-order valence-corrected chi connectivity index (χ3v) is 7.03. The maximum atomic E-state index is 15.5. The molecule has 3 N–H and O–H groups in total. The summed E-state index contributed by atoms with van der Waals surface area (Å²) in [5, 5.41) is 9.46. The van der Waals surface area contributed by atoms with Gasteiger partial charge in [-0.25, -0.2) is 23.5 Å². The lowest BCUT2D eigenvalue weighted by molar-refractivity contribution is -0.128. The van der Waals surface area contributed by atoms with Crippen LogP contribution in [0.15, 0.2) is 72.8 Å². The monoisotopic (exact) mass is 586 g/mol. The van der Waals surface area contributed by atoms with Gasteiger partial charge in [0.25, 0.3) is 0 Å². The summed E-state index contributed by atoms with van der Waals surface area (Å²) in [7, 11) is 1.34. The summed E-state index contributed by atoms with van der Waals surface area (Å²) in [5.74, 6) is -2.06. The van der Waals surface area contributed by atoms with Gasteiger partial charge in [0.2, 0.25) is 11.8 Å². The second kappa shape index (κ2) is 12.4.